The van der Waals surface area contributed by atoms with E-state index in [1.807, 2.05) is 0 Å². The Morgan fingerprint density at radius 1 is 0.500 bits per heavy atom. The fourth-order valence-electron chi connectivity index (χ4n) is 0. The first-order chi connectivity index (χ1) is 0. The van der Waals surface area contributed by atoms with Gasteiger partial charge in [-0.25, -0.2) is 0 Å². The van der Waals surface area contributed by atoms with Crippen LogP contribution in [-0.2, 0) is 27.7 Å². The van der Waals surface area contributed by atoms with Gasteiger partial charge in [0.25, 0.3) is 0 Å². The van der Waals surface area contributed by atoms with Gasteiger partial charge in [0, 0.05) is 79.1 Å². The number of rotatable bonds is 0. The maximum Gasteiger partial charge on any atom is 0 e. The van der Waals surface area contributed by atoms with Crippen molar-refractivity contribution in [2.45, 2.75) is 0 Å². The van der Waals surface area contributed by atoms with Crippen LogP contribution in [0.1, 0.15) is 0 Å². The Hall–Kier alpha value is 5.49. The SMILES string of the molecule is I.I.I.I.[Hg].[K]. The summed E-state index contributed by atoms with van der Waals surface area (Å²) in [5.74, 6) is 0. The van der Waals surface area contributed by atoms with Gasteiger partial charge in [0.2, 0.25) is 0 Å². The fourth-order valence-corrected chi connectivity index (χ4v) is 0. The van der Waals surface area contributed by atoms with Crippen LogP contribution in [0.15, 0.2) is 0 Å². The molecule has 0 unspecified atom stereocenters. The Morgan fingerprint density at radius 2 is 0.500 bits per heavy atom. The Morgan fingerprint density at radius 3 is 0.500 bits per heavy atom. The molecule has 0 atom stereocenters. The van der Waals surface area contributed by atoms with Crippen molar-refractivity contribution in [3.05, 3.63) is 0 Å². The second-order valence-corrected chi connectivity index (χ2v) is 0. The van der Waals surface area contributed by atoms with E-state index in [9.17, 15) is 0 Å². The molecule has 0 aliphatic carbocycles. The van der Waals surface area contributed by atoms with Crippen LogP contribution in [0.25, 0.3) is 0 Å². The van der Waals surface area contributed by atoms with Gasteiger partial charge in [0.05, 0.1) is 0 Å². The van der Waals surface area contributed by atoms with Crippen molar-refractivity contribution >= 4 is 147 Å². The topological polar surface area (TPSA) is 0 Å². The van der Waals surface area contributed by atoms with Crippen LogP contribution in [0, 0.1) is 0 Å². The molecule has 0 aromatic heterocycles. The first-order valence-electron chi connectivity index (χ1n) is 0. The molecule has 0 amide bonds. The van der Waals surface area contributed by atoms with Crippen molar-refractivity contribution < 1.29 is 27.7 Å². The van der Waals surface area contributed by atoms with E-state index in [-0.39, 0.29) is 175 Å². The van der Waals surface area contributed by atoms with Crippen LogP contribution >= 0.6 is 95.9 Å². The van der Waals surface area contributed by atoms with Gasteiger partial charge in [-0.2, -0.15) is 0 Å². The van der Waals surface area contributed by atoms with Crippen molar-refractivity contribution in [1.29, 1.82) is 0 Å². The van der Waals surface area contributed by atoms with Crippen molar-refractivity contribution in [3.8, 4) is 0 Å². The zero-order valence-electron chi connectivity index (χ0n) is 3.34. The second kappa shape index (κ2) is 31.3. The van der Waals surface area contributed by atoms with Crippen molar-refractivity contribution in [1.82, 2.24) is 0 Å². The molecule has 0 aromatic carbocycles. The predicted octanol–water partition coefficient (Wildman–Crippen LogP) is 2.09. The van der Waals surface area contributed by atoms with E-state index in [2.05, 4.69) is 0 Å². The van der Waals surface area contributed by atoms with Gasteiger partial charge in [0.1, 0.15) is 0 Å². The summed E-state index contributed by atoms with van der Waals surface area (Å²) >= 11 is 0. The van der Waals surface area contributed by atoms with Crippen LogP contribution in [0.5, 0.6) is 0 Å². The Balaban J connectivity index is 0. The van der Waals surface area contributed by atoms with E-state index in [4.69, 9.17) is 0 Å². The summed E-state index contributed by atoms with van der Waals surface area (Å²) in [6, 6.07) is 0. The molecule has 0 N–H and O–H groups in total. The van der Waals surface area contributed by atoms with Gasteiger partial charge >= 0.3 is 0 Å². The summed E-state index contributed by atoms with van der Waals surface area (Å²) in [4.78, 5) is 0. The quantitative estimate of drug-likeness (QED) is 0.263. The zero-order valence-corrected chi connectivity index (χ0v) is 21.3. The van der Waals surface area contributed by atoms with Gasteiger partial charge in [-0.3, -0.25) is 0 Å². The van der Waals surface area contributed by atoms with Crippen molar-refractivity contribution in [2.75, 3.05) is 0 Å². The van der Waals surface area contributed by atoms with Gasteiger partial charge in [-0.1, -0.05) is 0 Å². The number of hydrogen-bond acceptors (Lipinski definition) is 0. The van der Waals surface area contributed by atoms with Gasteiger partial charge in [-0.15, -0.1) is 95.9 Å². The van der Waals surface area contributed by atoms with E-state index in [0.717, 1.165) is 0 Å². The molecule has 0 bridgehead atoms. The molecule has 0 heterocycles. The molecule has 0 rings (SSSR count). The summed E-state index contributed by atoms with van der Waals surface area (Å²) in [5.41, 5.74) is 0. The van der Waals surface area contributed by atoms with E-state index in [1.165, 1.54) is 0 Å². The van der Waals surface area contributed by atoms with Crippen LogP contribution in [-0.4, -0.2) is 51.4 Å². The predicted molar refractivity (Wildman–Crippen MR) is 67.4 cm³/mol. The van der Waals surface area contributed by atoms with Crippen LogP contribution < -0.4 is 0 Å². The maximum absolute atomic E-state index is 0. The summed E-state index contributed by atoms with van der Waals surface area (Å²) in [5, 5.41) is 0. The summed E-state index contributed by atoms with van der Waals surface area (Å²) in [6.07, 6.45) is 0. The maximum atomic E-state index is 0. The third-order valence-corrected chi connectivity index (χ3v) is 0. The van der Waals surface area contributed by atoms with E-state index in [1.54, 1.807) is 0 Å². The average Bonchev–Trinajstić information content (AvgIpc) is 0. The largest absolute Gasteiger partial charge is 0.107 e. The molecule has 0 aliphatic rings. The molecule has 6 heteroatoms. The zero-order chi connectivity index (χ0) is 0. The molecular formula is H4HgI4K. The van der Waals surface area contributed by atoms with Crippen molar-refractivity contribution in [3.63, 3.8) is 0 Å². The third-order valence-electron chi connectivity index (χ3n) is 0. The Kier molecular flexibility index (Phi) is 219. The smallest absolute Gasteiger partial charge is 0 e. The minimum absolute atomic E-state index is 0. The molecule has 35 valence electrons. The molecule has 0 fully saturated rings. The second-order valence-electron chi connectivity index (χ2n) is 0. The molecule has 6 heavy (non-hydrogen) atoms. The minimum Gasteiger partial charge on any atom is -0.107 e. The molecule has 0 aromatic rings. The molecule has 0 spiro atoms. The molecule has 0 saturated carbocycles. The first-order valence-corrected chi connectivity index (χ1v) is 0. The number of halogens is 4. The summed E-state index contributed by atoms with van der Waals surface area (Å²) < 4.78 is 0. The normalized spacial score (nSPS) is 0. The van der Waals surface area contributed by atoms with Gasteiger partial charge < -0.3 is 0 Å². The monoisotopic (exact) mass is 753 g/mol. The van der Waals surface area contributed by atoms with E-state index in [0.29, 0.717) is 0 Å². The average molecular weight is 751 g/mol. The van der Waals surface area contributed by atoms with E-state index >= 15 is 0 Å². The van der Waals surface area contributed by atoms with Crippen LogP contribution in [0.4, 0.5) is 0 Å². The molecule has 1 radical (unpaired) electrons. The first kappa shape index (κ1) is 41.9. The number of hydrogen-bond donors (Lipinski definition) is 0. The van der Waals surface area contributed by atoms with Crippen LogP contribution in [0.2, 0.25) is 0 Å². The molecule has 0 nitrogen and oxygen atoms in total. The summed E-state index contributed by atoms with van der Waals surface area (Å²) in [6.45, 7) is 0. The molecule has 0 aliphatic heterocycles. The van der Waals surface area contributed by atoms with Gasteiger partial charge in [-0.05, 0) is 0 Å². The minimum atomic E-state index is 0. The van der Waals surface area contributed by atoms with Crippen LogP contribution in [0.3, 0.4) is 0 Å². The third kappa shape index (κ3) is 22.7. The fraction of sp³-hybridized carbons (Fsp3) is 0. The summed E-state index contributed by atoms with van der Waals surface area (Å²) in [7, 11) is 0. The van der Waals surface area contributed by atoms with Crippen molar-refractivity contribution in [2.24, 2.45) is 0 Å². The molecule has 0 saturated heterocycles. The van der Waals surface area contributed by atoms with E-state index < -0.39 is 0 Å². The molecular weight excluding hydrogens is 747 g/mol. The Labute approximate surface area is 169 Å². The standard InChI is InChI=1S/Hg.4HI.K/h;4*1H;. The Bertz CT molecular complexity index is 7.51. The van der Waals surface area contributed by atoms with Gasteiger partial charge in [0.15, 0.2) is 0 Å².